The predicted molar refractivity (Wildman–Crippen MR) is 51.6 cm³/mol. The zero-order valence-corrected chi connectivity index (χ0v) is 8.79. The van der Waals surface area contributed by atoms with Crippen molar-refractivity contribution in [1.82, 2.24) is 0 Å². The zero-order valence-electron chi connectivity index (χ0n) is 7.21. The molecule has 0 aliphatic carbocycles. The number of hydrogen-bond donors (Lipinski definition) is 0. The molecule has 10 heavy (non-hydrogen) atoms. The van der Waals surface area contributed by atoms with Crippen LogP contribution in [0.1, 0.15) is 33.6 Å². The minimum absolute atomic E-state index is 0.422. The van der Waals surface area contributed by atoms with Crippen LogP contribution in [0.4, 0.5) is 0 Å². The van der Waals surface area contributed by atoms with Gasteiger partial charge in [-0.25, -0.2) is 0 Å². The summed E-state index contributed by atoms with van der Waals surface area (Å²) in [6, 6.07) is 0. The van der Waals surface area contributed by atoms with Crippen molar-refractivity contribution in [1.29, 1.82) is 0 Å². The highest BCUT2D eigenvalue weighted by Crippen LogP contribution is 2.30. The maximum atomic E-state index is 3.92. The summed E-state index contributed by atoms with van der Waals surface area (Å²) in [4.78, 5) is 0. The summed E-state index contributed by atoms with van der Waals surface area (Å²) in [7, 11) is 0. The molecule has 0 aromatic carbocycles. The highest BCUT2D eigenvalue weighted by molar-refractivity contribution is 9.09. The van der Waals surface area contributed by atoms with Gasteiger partial charge in [0.1, 0.15) is 0 Å². The van der Waals surface area contributed by atoms with Crippen molar-refractivity contribution in [2.75, 3.05) is 5.33 Å². The molecule has 60 valence electrons. The lowest BCUT2D eigenvalue weighted by Gasteiger charge is -2.25. The molecule has 0 aliphatic rings. The molecule has 0 bridgehead atoms. The normalized spacial score (nSPS) is 16.4. The summed E-state index contributed by atoms with van der Waals surface area (Å²) in [5, 5.41) is 1.07. The molecule has 0 heterocycles. The second kappa shape index (κ2) is 4.17. The lowest BCUT2D eigenvalue weighted by molar-refractivity contribution is 0.361. The molecule has 0 spiro atoms. The van der Waals surface area contributed by atoms with Gasteiger partial charge in [-0.05, 0) is 25.2 Å². The van der Waals surface area contributed by atoms with E-state index in [-0.39, 0.29) is 0 Å². The van der Waals surface area contributed by atoms with Crippen LogP contribution in [0.5, 0.6) is 0 Å². The van der Waals surface area contributed by atoms with Crippen LogP contribution < -0.4 is 0 Å². The second-order valence-corrected chi connectivity index (χ2v) is 3.99. The van der Waals surface area contributed by atoms with Gasteiger partial charge in [-0.3, -0.25) is 0 Å². The van der Waals surface area contributed by atoms with Crippen LogP contribution in [-0.4, -0.2) is 5.33 Å². The Morgan fingerprint density at radius 2 is 2.10 bits per heavy atom. The van der Waals surface area contributed by atoms with E-state index < -0.39 is 0 Å². The SMILES string of the molecule is C=C(C)CC(C)(CC)CBr. The van der Waals surface area contributed by atoms with Gasteiger partial charge in [0.05, 0.1) is 0 Å². The van der Waals surface area contributed by atoms with Crippen LogP contribution >= 0.6 is 15.9 Å². The van der Waals surface area contributed by atoms with Gasteiger partial charge in [0.15, 0.2) is 0 Å². The molecule has 0 aromatic rings. The van der Waals surface area contributed by atoms with E-state index >= 15 is 0 Å². The average Bonchev–Trinajstić information content (AvgIpc) is 1.87. The Balaban J connectivity index is 3.92. The van der Waals surface area contributed by atoms with Crippen molar-refractivity contribution in [3.63, 3.8) is 0 Å². The first kappa shape index (κ1) is 10.2. The Bertz CT molecular complexity index is 112. The maximum absolute atomic E-state index is 3.92. The molecule has 0 N–H and O–H groups in total. The van der Waals surface area contributed by atoms with E-state index in [0.29, 0.717) is 5.41 Å². The molecule has 1 atom stereocenters. The molecule has 0 fully saturated rings. The van der Waals surface area contributed by atoms with E-state index in [9.17, 15) is 0 Å². The monoisotopic (exact) mass is 204 g/mol. The van der Waals surface area contributed by atoms with Crippen LogP contribution in [0.2, 0.25) is 0 Å². The fourth-order valence-corrected chi connectivity index (χ4v) is 1.59. The third-order valence-corrected chi connectivity index (χ3v) is 3.26. The first-order chi connectivity index (χ1) is 4.54. The quantitative estimate of drug-likeness (QED) is 0.484. The molecule has 0 amide bonds. The van der Waals surface area contributed by atoms with Crippen LogP contribution in [0.3, 0.4) is 0 Å². The van der Waals surface area contributed by atoms with E-state index in [2.05, 4.69) is 43.3 Å². The van der Waals surface area contributed by atoms with Gasteiger partial charge in [0, 0.05) is 5.33 Å². The standard InChI is InChI=1S/C9H17Br/c1-5-9(4,7-10)6-8(2)3/h2,5-7H2,1,3-4H3. The van der Waals surface area contributed by atoms with Gasteiger partial charge in [-0.1, -0.05) is 35.4 Å². The Morgan fingerprint density at radius 1 is 1.60 bits per heavy atom. The summed E-state index contributed by atoms with van der Waals surface area (Å²) in [6.07, 6.45) is 2.35. The molecule has 1 heteroatoms. The van der Waals surface area contributed by atoms with E-state index in [1.807, 2.05) is 0 Å². The third kappa shape index (κ3) is 3.40. The summed E-state index contributed by atoms with van der Waals surface area (Å²) < 4.78 is 0. The molecular weight excluding hydrogens is 188 g/mol. The largest absolute Gasteiger partial charge is 0.100 e. The number of rotatable bonds is 4. The highest BCUT2D eigenvalue weighted by atomic mass is 79.9. The van der Waals surface area contributed by atoms with E-state index in [4.69, 9.17) is 0 Å². The molecular formula is C9H17Br. The lowest BCUT2D eigenvalue weighted by atomic mass is 9.84. The van der Waals surface area contributed by atoms with Gasteiger partial charge in [0.2, 0.25) is 0 Å². The third-order valence-electron chi connectivity index (χ3n) is 1.90. The van der Waals surface area contributed by atoms with Crippen molar-refractivity contribution in [2.45, 2.75) is 33.6 Å². The Hall–Kier alpha value is 0.220. The summed E-state index contributed by atoms with van der Waals surface area (Å²) in [5.74, 6) is 0. The molecule has 1 unspecified atom stereocenters. The van der Waals surface area contributed by atoms with E-state index in [0.717, 1.165) is 11.8 Å². The number of halogens is 1. The molecule has 0 radical (unpaired) electrons. The molecule has 0 rings (SSSR count). The number of hydrogen-bond acceptors (Lipinski definition) is 0. The van der Waals surface area contributed by atoms with Crippen molar-refractivity contribution in [3.05, 3.63) is 12.2 Å². The van der Waals surface area contributed by atoms with Gasteiger partial charge < -0.3 is 0 Å². The average molecular weight is 205 g/mol. The van der Waals surface area contributed by atoms with Crippen molar-refractivity contribution >= 4 is 15.9 Å². The first-order valence-corrected chi connectivity index (χ1v) is 4.86. The molecule has 0 aromatic heterocycles. The van der Waals surface area contributed by atoms with Crippen LogP contribution in [0, 0.1) is 5.41 Å². The van der Waals surface area contributed by atoms with E-state index in [1.165, 1.54) is 12.0 Å². The number of alkyl halides is 1. The van der Waals surface area contributed by atoms with Crippen molar-refractivity contribution in [2.24, 2.45) is 5.41 Å². The molecule has 0 aliphatic heterocycles. The van der Waals surface area contributed by atoms with Gasteiger partial charge in [-0.15, -0.1) is 6.58 Å². The van der Waals surface area contributed by atoms with Crippen LogP contribution in [0.25, 0.3) is 0 Å². The maximum Gasteiger partial charge on any atom is 0.00882 e. The van der Waals surface area contributed by atoms with Crippen molar-refractivity contribution in [3.8, 4) is 0 Å². The second-order valence-electron chi connectivity index (χ2n) is 3.43. The zero-order chi connectivity index (χ0) is 8.20. The first-order valence-electron chi connectivity index (χ1n) is 3.74. The fraction of sp³-hybridized carbons (Fsp3) is 0.778. The summed E-state index contributed by atoms with van der Waals surface area (Å²) >= 11 is 3.52. The van der Waals surface area contributed by atoms with Gasteiger partial charge >= 0.3 is 0 Å². The fourth-order valence-electron chi connectivity index (χ4n) is 0.995. The highest BCUT2D eigenvalue weighted by Gasteiger charge is 2.19. The smallest absolute Gasteiger partial charge is 0.00882 e. The minimum Gasteiger partial charge on any atom is -0.100 e. The molecule has 0 nitrogen and oxygen atoms in total. The Kier molecular flexibility index (Phi) is 4.26. The molecule has 0 saturated heterocycles. The van der Waals surface area contributed by atoms with Crippen LogP contribution in [0.15, 0.2) is 12.2 Å². The Morgan fingerprint density at radius 3 is 2.20 bits per heavy atom. The number of allylic oxidation sites excluding steroid dienone is 1. The summed E-state index contributed by atoms with van der Waals surface area (Å²) in [5.41, 5.74) is 1.70. The van der Waals surface area contributed by atoms with Crippen molar-refractivity contribution < 1.29 is 0 Å². The molecule has 0 saturated carbocycles. The topological polar surface area (TPSA) is 0 Å². The van der Waals surface area contributed by atoms with Gasteiger partial charge in [0.25, 0.3) is 0 Å². The lowest BCUT2D eigenvalue weighted by Crippen LogP contribution is -2.16. The minimum atomic E-state index is 0.422. The Labute approximate surface area is 72.8 Å². The predicted octanol–water partition coefficient (Wildman–Crippen LogP) is 3.76. The van der Waals surface area contributed by atoms with Gasteiger partial charge in [-0.2, -0.15) is 0 Å². The van der Waals surface area contributed by atoms with Crippen LogP contribution in [-0.2, 0) is 0 Å². The van der Waals surface area contributed by atoms with E-state index in [1.54, 1.807) is 0 Å². The summed E-state index contributed by atoms with van der Waals surface area (Å²) in [6.45, 7) is 10.5.